The molecule has 0 spiro atoms. The number of rotatable bonds is 2. The quantitative estimate of drug-likeness (QED) is 0.752. The average molecular weight is 210 g/mol. The van der Waals surface area contributed by atoms with E-state index in [1.165, 1.54) is 58.3 Å². The molecule has 0 aliphatic carbocycles. The molecule has 2 heterocycles. The Morgan fingerprint density at radius 2 is 2.00 bits per heavy atom. The number of likely N-dealkylation sites (tertiary alicyclic amines) is 1. The van der Waals surface area contributed by atoms with Crippen molar-refractivity contribution in [1.82, 2.24) is 10.2 Å². The van der Waals surface area contributed by atoms with Crippen LogP contribution in [0.1, 0.15) is 46.0 Å². The summed E-state index contributed by atoms with van der Waals surface area (Å²) in [6.45, 7) is 9.92. The van der Waals surface area contributed by atoms with Gasteiger partial charge in [-0.1, -0.05) is 13.3 Å². The van der Waals surface area contributed by atoms with Crippen LogP contribution in [-0.2, 0) is 0 Å². The highest BCUT2D eigenvalue weighted by Crippen LogP contribution is 2.23. The molecular formula is C13H26N2. The van der Waals surface area contributed by atoms with Crippen molar-refractivity contribution in [2.75, 3.05) is 26.2 Å². The van der Waals surface area contributed by atoms with Crippen molar-refractivity contribution in [3.8, 4) is 0 Å². The van der Waals surface area contributed by atoms with Crippen molar-refractivity contribution < 1.29 is 0 Å². The highest BCUT2D eigenvalue weighted by atomic mass is 15.2. The SMILES string of the molecule is CC1CCN(CC2(C)CCCCN2)CC1. The molecule has 2 nitrogen and oxygen atoms in total. The maximum absolute atomic E-state index is 3.71. The first kappa shape index (κ1) is 11.4. The van der Waals surface area contributed by atoms with Gasteiger partial charge in [0.2, 0.25) is 0 Å². The highest BCUT2D eigenvalue weighted by molar-refractivity contribution is 4.90. The van der Waals surface area contributed by atoms with Crippen molar-refractivity contribution >= 4 is 0 Å². The van der Waals surface area contributed by atoms with Gasteiger partial charge in [0.25, 0.3) is 0 Å². The topological polar surface area (TPSA) is 15.3 Å². The first-order chi connectivity index (χ1) is 7.18. The Kier molecular flexibility index (Phi) is 3.68. The zero-order valence-electron chi connectivity index (χ0n) is 10.4. The lowest BCUT2D eigenvalue weighted by Gasteiger charge is -2.41. The van der Waals surface area contributed by atoms with Gasteiger partial charge in [0.15, 0.2) is 0 Å². The fourth-order valence-electron chi connectivity index (χ4n) is 2.97. The van der Waals surface area contributed by atoms with Crippen LogP contribution in [0, 0.1) is 5.92 Å². The Hall–Kier alpha value is -0.0800. The van der Waals surface area contributed by atoms with E-state index in [1.54, 1.807) is 0 Å². The molecule has 2 heteroatoms. The maximum atomic E-state index is 3.71. The minimum absolute atomic E-state index is 0.402. The maximum Gasteiger partial charge on any atom is 0.0280 e. The standard InChI is InChI=1S/C13H26N2/c1-12-5-9-15(10-6-12)11-13(2)7-3-4-8-14-13/h12,14H,3-11H2,1-2H3. The Balaban J connectivity index is 1.80. The number of nitrogens with one attached hydrogen (secondary N) is 1. The van der Waals surface area contributed by atoms with E-state index in [9.17, 15) is 0 Å². The smallest absolute Gasteiger partial charge is 0.0280 e. The third-order valence-corrected chi connectivity index (χ3v) is 4.16. The van der Waals surface area contributed by atoms with Crippen molar-refractivity contribution in [2.45, 2.75) is 51.5 Å². The highest BCUT2D eigenvalue weighted by Gasteiger charge is 2.29. The third kappa shape index (κ3) is 3.18. The van der Waals surface area contributed by atoms with Gasteiger partial charge in [-0.3, -0.25) is 0 Å². The van der Waals surface area contributed by atoms with E-state index >= 15 is 0 Å². The summed E-state index contributed by atoms with van der Waals surface area (Å²) in [5.74, 6) is 0.952. The zero-order chi connectivity index (χ0) is 10.7. The average Bonchev–Trinajstić information content (AvgIpc) is 2.22. The predicted molar refractivity (Wildman–Crippen MR) is 65.1 cm³/mol. The van der Waals surface area contributed by atoms with Gasteiger partial charge < -0.3 is 10.2 Å². The van der Waals surface area contributed by atoms with Crippen molar-refractivity contribution in [3.05, 3.63) is 0 Å². The second-order valence-electron chi connectivity index (χ2n) is 5.90. The monoisotopic (exact) mass is 210 g/mol. The Bertz CT molecular complexity index is 189. The van der Waals surface area contributed by atoms with Gasteiger partial charge in [-0.05, 0) is 58.2 Å². The largest absolute Gasteiger partial charge is 0.310 e. The van der Waals surface area contributed by atoms with Gasteiger partial charge in [0.05, 0.1) is 0 Å². The van der Waals surface area contributed by atoms with E-state index < -0.39 is 0 Å². The normalized spacial score (nSPS) is 35.6. The zero-order valence-corrected chi connectivity index (χ0v) is 10.4. The van der Waals surface area contributed by atoms with Crippen LogP contribution in [0.4, 0.5) is 0 Å². The molecule has 1 N–H and O–H groups in total. The predicted octanol–water partition coefficient (Wildman–Crippen LogP) is 2.25. The summed E-state index contributed by atoms with van der Waals surface area (Å²) in [4.78, 5) is 2.66. The molecule has 2 aliphatic rings. The molecule has 0 aromatic carbocycles. The van der Waals surface area contributed by atoms with E-state index in [1.807, 2.05) is 0 Å². The number of hydrogen-bond acceptors (Lipinski definition) is 2. The molecule has 2 rings (SSSR count). The minimum Gasteiger partial charge on any atom is -0.310 e. The summed E-state index contributed by atoms with van der Waals surface area (Å²) in [5, 5.41) is 3.71. The Morgan fingerprint density at radius 1 is 1.27 bits per heavy atom. The summed E-state index contributed by atoms with van der Waals surface area (Å²) >= 11 is 0. The van der Waals surface area contributed by atoms with Crippen LogP contribution in [0.15, 0.2) is 0 Å². The molecule has 0 aromatic rings. The summed E-state index contributed by atoms with van der Waals surface area (Å²) in [6.07, 6.45) is 6.94. The molecule has 2 saturated heterocycles. The lowest BCUT2D eigenvalue weighted by molar-refractivity contribution is 0.127. The third-order valence-electron chi connectivity index (χ3n) is 4.16. The Morgan fingerprint density at radius 3 is 2.60 bits per heavy atom. The van der Waals surface area contributed by atoms with E-state index in [-0.39, 0.29) is 0 Å². The number of piperidine rings is 2. The van der Waals surface area contributed by atoms with Crippen LogP contribution in [0.2, 0.25) is 0 Å². The minimum atomic E-state index is 0.402. The van der Waals surface area contributed by atoms with Crippen LogP contribution in [-0.4, -0.2) is 36.6 Å². The molecule has 1 unspecified atom stereocenters. The number of nitrogens with zero attached hydrogens (tertiary/aromatic N) is 1. The van der Waals surface area contributed by atoms with E-state index in [0.29, 0.717) is 5.54 Å². The van der Waals surface area contributed by atoms with Gasteiger partial charge in [-0.15, -0.1) is 0 Å². The molecule has 2 aliphatic heterocycles. The van der Waals surface area contributed by atoms with E-state index in [2.05, 4.69) is 24.1 Å². The fraction of sp³-hybridized carbons (Fsp3) is 1.00. The van der Waals surface area contributed by atoms with E-state index in [4.69, 9.17) is 0 Å². The van der Waals surface area contributed by atoms with E-state index in [0.717, 1.165) is 5.92 Å². The van der Waals surface area contributed by atoms with Gasteiger partial charge in [0.1, 0.15) is 0 Å². The molecule has 1 atom stereocenters. The van der Waals surface area contributed by atoms with Crippen molar-refractivity contribution in [3.63, 3.8) is 0 Å². The molecule has 0 amide bonds. The second kappa shape index (κ2) is 4.84. The molecule has 0 radical (unpaired) electrons. The summed E-state index contributed by atoms with van der Waals surface area (Å²) in [5.41, 5.74) is 0.402. The van der Waals surface area contributed by atoms with Crippen molar-refractivity contribution in [1.29, 1.82) is 0 Å². The molecule has 0 saturated carbocycles. The summed E-state index contributed by atoms with van der Waals surface area (Å²) in [6, 6.07) is 0. The van der Waals surface area contributed by atoms with Gasteiger partial charge in [-0.2, -0.15) is 0 Å². The van der Waals surface area contributed by atoms with Crippen LogP contribution >= 0.6 is 0 Å². The molecular weight excluding hydrogens is 184 g/mol. The van der Waals surface area contributed by atoms with Crippen LogP contribution in [0.3, 0.4) is 0 Å². The molecule has 88 valence electrons. The van der Waals surface area contributed by atoms with Gasteiger partial charge in [-0.25, -0.2) is 0 Å². The van der Waals surface area contributed by atoms with Gasteiger partial charge >= 0.3 is 0 Å². The molecule has 2 fully saturated rings. The van der Waals surface area contributed by atoms with Crippen LogP contribution in [0.25, 0.3) is 0 Å². The molecule has 15 heavy (non-hydrogen) atoms. The Labute approximate surface area is 94.4 Å². The first-order valence-electron chi connectivity index (χ1n) is 6.65. The van der Waals surface area contributed by atoms with Gasteiger partial charge in [0, 0.05) is 12.1 Å². The van der Waals surface area contributed by atoms with Crippen LogP contribution < -0.4 is 5.32 Å². The summed E-state index contributed by atoms with van der Waals surface area (Å²) in [7, 11) is 0. The number of hydrogen-bond donors (Lipinski definition) is 1. The van der Waals surface area contributed by atoms with Crippen LogP contribution in [0.5, 0.6) is 0 Å². The lowest BCUT2D eigenvalue weighted by Crippen LogP contribution is -2.54. The molecule has 0 bridgehead atoms. The first-order valence-corrected chi connectivity index (χ1v) is 6.65. The molecule has 0 aromatic heterocycles. The lowest BCUT2D eigenvalue weighted by atomic mass is 9.89. The second-order valence-corrected chi connectivity index (χ2v) is 5.90. The fourth-order valence-corrected chi connectivity index (χ4v) is 2.97. The van der Waals surface area contributed by atoms with Crippen molar-refractivity contribution in [2.24, 2.45) is 5.92 Å². The summed E-state index contributed by atoms with van der Waals surface area (Å²) < 4.78 is 0.